The SMILES string of the molecule is CCCNC(CC)C(C)N1CCCN(C)CC1C. The van der Waals surface area contributed by atoms with E-state index in [9.17, 15) is 0 Å². The van der Waals surface area contributed by atoms with E-state index >= 15 is 0 Å². The summed E-state index contributed by atoms with van der Waals surface area (Å²) in [4.78, 5) is 5.18. The smallest absolute Gasteiger partial charge is 0.0224 e. The molecular formula is C15H33N3. The van der Waals surface area contributed by atoms with Crippen molar-refractivity contribution in [2.45, 2.75) is 65.1 Å². The minimum absolute atomic E-state index is 0.635. The van der Waals surface area contributed by atoms with Gasteiger partial charge in [0.2, 0.25) is 0 Å². The minimum Gasteiger partial charge on any atom is -0.312 e. The molecule has 0 aromatic rings. The van der Waals surface area contributed by atoms with E-state index < -0.39 is 0 Å². The van der Waals surface area contributed by atoms with Crippen molar-refractivity contribution in [3.8, 4) is 0 Å². The van der Waals surface area contributed by atoms with Crippen LogP contribution in [0, 0.1) is 0 Å². The number of hydrogen-bond acceptors (Lipinski definition) is 3. The maximum absolute atomic E-state index is 3.71. The predicted octanol–water partition coefficient (Wildman–Crippen LogP) is 2.18. The van der Waals surface area contributed by atoms with Gasteiger partial charge in [0, 0.05) is 31.2 Å². The topological polar surface area (TPSA) is 18.5 Å². The molecular weight excluding hydrogens is 222 g/mol. The van der Waals surface area contributed by atoms with Crippen molar-refractivity contribution in [1.29, 1.82) is 0 Å². The van der Waals surface area contributed by atoms with Gasteiger partial charge in [0.05, 0.1) is 0 Å². The van der Waals surface area contributed by atoms with E-state index in [1.165, 1.54) is 38.9 Å². The van der Waals surface area contributed by atoms with Gasteiger partial charge in [-0.15, -0.1) is 0 Å². The zero-order chi connectivity index (χ0) is 13.5. The summed E-state index contributed by atoms with van der Waals surface area (Å²) in [7, 11) is 2.25. The molecule has 108 valence electrons. The summed E-state index contributed by atoms with van der Waals surface area (Å²) in [6.45, 7) is 14.2. The van der Waals surface area contributed by atoms with Crippen molar-refractivity contribution in [3.63, 3.8) is 0 Å². The number of likely N-dealkylation sites (N-methyl/N-ethyl adjacent to an activating group) is 1. The predicted molar refractivity (Wildman–Crippen MR) is 80.1 cm³/mol. The molecule has 0 bridgehead atoms. The molecule has 1 heterocycles. The molecule has 3 atom stereocenters. The second kappa shape index (κ2) is 8.13. The number of rotatable bonds is 6. The maximum Gasteiger partial charge on any atom is 0.0224 e. The Morgan fingerprint density at radius 3 is 2.61 bits per heavy atom. The zero-order valence-electron chi connectivity index (χ0n) is 13.1. The third kappa shape index (κ3) is 4.52. The molecule has 0 saturated carbocycles. The second-order valence-corrected chi connectivity index (χ2v) is 5.91. The Bertz CT molecular complexity index is 220. The van der Waals surface area contributed by atoms with Crippen LogP contribution in [-0.4, -0.2) is 61.2 Å². The van der Waals surface area contributed by atoms with E-state index in [0.717, 1.165) is 6.54 Å². The molecule has 0 spiro atoms. The van der Waals surface area contributed by atoms with E-state index in [1.807, 2.05) is 0 Å². The molecule has 3 nitrogen and oxygen atoms in total. The minimum atomic E-state index is 0.635. The van der Waals surface area contributed by atoms with Gasteiger partial charge >= 0.3 is 0 Å². The molecule has 18 heavy (non-hydrogen) atoms. The molecule has 1 fully saturated rings. The van der Waals surface area contributed by atoms with Crippen LogP contribution in [0.4, 0.5) is 0 Å². The summed E-state index contributed by atoms with van der Waals surface area (Å²) < 4.78 is 0. The van der Waals surface area contributed by atoms with Gasteiger partial charge in [-0.3, -0.25) is 4.90 Å². The fourth-order valence-corrected chi connectivity index (χ4v) is 3.21. The highest BCUT2D eigenvalue weighted by molar-refractivity contribution is 4.86. The summed E-state index contributed by atoms with van der Waals surface area (Å²) in [5.74, 6) is 0. The van der Waals surface area contributed by atoms with Gasteiger partial charge in [0.1, 0.15) is 0 Å². The number of nitrogens with one attached hydrogen (secondary N) is 1. The quantitative estimate of drug-likeness (QED) is 0.785. The molecule has 0 amide bonds. The number of nitrogens with zero attached hydrogens (tertiary/aromatic N) is 2. The molecule has 3 heteroatoms. The lowest BCUT2D eigenvalue weighted by Crippen LogP contribution is -2.52. The average molecular weight is 255 g/mol. The van der Waals surface area contributed by atoms with Gasteiger partial charge in [-0.05, 0) is 53.2 Å². The van der Waals surface area contributed by atoms with Gasteiger partial charge < -0.3 is 10.2 Å². The van der Waals surface area contributed by atoms with E-state index in [1.54, 1.807) is 0 Å². The molecule has 1 N–H and O–H groups in total. The molecule has 1 rings (SSSR count). The monoisotopic (exact) mass is 255 g/mol. The van der Waals surface area contributed by atoms with Crippen molar-refractivity contribution >= 4 is 0 Å². The van der Waals surface area contributed by atoms with E-state index in [4.69, 9.17) is 0 Å². The summed E-state index contributed by atoms with van der Waals surface area (Å²) in [6.07, 6.45) is 3.75. The Kier molecular flexibility index (Phi) is 7.20. The first-order valence-corrected chi connectivity index (χ1v) is 7.77. The first-order chi connectivity index (χ1) is 8.60. The number of hydrogen-bond donors (Lipinski definition) is 1. The summed E-state index contributed by atoms with van der Waals surface area (Å²) in [6, 6.07) is 1.95. The zero-order valence-corrected chi connectivity index (χ0v) is 13.1. The van der Waals surface area contributed by atoms with E-state index in [-0.39, 0.29) is 0 Å². The van der Waals surface area contributed by atoms with Crippen molar-refractivity contribution in [2.75, 3.05) is 33.2 Å². The van der Waals surface area contributed by atoms with Gasteiger partial charge in [-0.2, -0.15) is 0 Å². The first kappa shape index (κ1) is 15.9. The standard InChI is InChI=1S/C15H33N3/c1-6-9-16-15(7-2)14(4)18-11-8-10-17(5)12-13(18)3/h13-16H,6-12H2,1-5H3. The van der Waals surface area contributed by atoms with Crippen molar-refractivity contribution in [3.05, 3.63) is 0 Å². The lowest BCUT2D eigenvalue weighted by atomic mass is 10.0. The molecule has 3 unspecified atom stereocenters. The summed E-state index contributed by atoms with van der Waals surface area (Å²) >= 11 is 0. The molecule has 1 aliphatic rings. The highest BCUT2D eigenvalue weighted by Crippen LogP contribution is 2.16. The Balaban J connectivity index is 2.58. The molecule has 0 aromatic heterocycles. The highest BCUT2D eigenvalue weighted by atomic mass is 15.3. The first-order valence-electron chi connectivity index (χ1n) is 7.77. The van der Waals surface area contributed by atoms with Gasteiger partial charge in [-0.25, -0.2) is 0 Å². The van der Waals surface area contributed by atoms with Crippen LogP contribution >= 0.6 is 0 Å². The van der Waals surface area contributed by atoms with Crippen LogP contribution in [0.25, 0.3) is 0 Å². The van der Waals surface area contributed by atoms with Crippen LogP contribution in [0.15, 0.2) is 0 Å². The molecule has 1 saturated heterocycles. The van der Waals surface area contributed by atoms with Gasteiger partial charge in [-0.1, -0.05) is 13.8 Å². The van der Waals surface area contributed by atoms with E-state index in [2.05, 4.69) is 49.9 Å². The Labute approximate surface area is 114 Å². The highest BCUT2D eigenvalue weighted by Gasteiger charge is 2.27. The fourth-order valence-electron chi connectivity index (χ4n) is 3.21. The molecule has 1 aliphatic heterocycles. The molecule has 0 radical (unpaired) electrons. The third-order valence-electron chi connectivity index (χ3n) is 4.30. The average Bonchev–Trinajstić information content (AvgIpc) is 2.50. The van der Waals surface area contributed by atoms with Crippen molar-refractivity contribution in [2.24, 2.45) is 0 Å². The lowest BCUT2D eigenvalue weighted by Gasteiger charge is -2.38. The Morgan fingerprint density at radius 2 is 2.00 bits per heavy atom. The van der Waals surface area contributed by atoms with E-state index in [0.29, 0.717) is 18.1 Å². The summed E-state index contributed by atoms with van der Waals surface area (Å²) in [5, 5.41) is 3.71. The largest absolute Gasteiger partial charge is 0.312 e. The Morgan fingerprint density at radius 1 is 1.28 bits per heavy atom. The summed E-state index contributed by atoms with van der Waals surface area (Å²) in [5.41, 5.74) is 0. The van der Waals surface area contributed by atoms with Crippen molar-refractivity contribution < 1.29 is 0 Å². The van der Waals surface area contributed by atoms with Gasteiger partial charge in [0.25, 0.3) is 0 Å². The molecule has 0 aromatic carbocycles. The molecule has 0 aliphatic carbocycles. The van der Waals surface area contributed by atoms with Crippen LogP contribution in [0.3, 0.4) is 0 Å². The van der Waals surface area contributed by atoms with Crippen LogP contribution < -0.4 is 5.32 Å². The van der Waals surface area contributed by atoms with Crippen LogP contribution in [0.1, 0.15) is 47.0 Å². The normalized spacial score (nSPS) is 26.8. The van der Waals surface area contributed by atoms with Gasteiger partial charge in [0.15, 0.2) is 0 Å². The maximum atomic E-state index is 3.71. The van der Waals surface area contributed by atoms with Crippen LogP contribution in [-0.2, 0) is 0 Å². The van der Waals surface area contributed by atoms with Crippen LogP contribution in [0.5, 0.6) is 0 Å². The van der Waals surface area contributed by atoms with Crippen LogP contribution in [0.2, 0.25) is 0 Å². The third-order valence-corrected chi connectivity index (χ3v) is 4.30. The lowest BCUT2D eigenvalue weighted by molar-refractivity contribution is 0.122. The van der Waals surface area contributed by atoms with Crippen molar-refractivity contribution in [1.82, 2.24) is 15.1 Å². The second-order valence-electron chi connectivity index (χ2n) is 5.91. The Hall–Kier alpha value is -0.120. The fraction of sp³-hybridized carbons (Fsp3) is 1.00.